The average molecular weight is 313 g/mol. The summed E-state index contributed by atoms with van der Waals surface area (Å²) < 4.78 is 23.3. The summed E-state index contributed by atoms with van der Waals surface area (Å²) in [6.07, 6.45) is 2.01. The normalized spacial score (nSPS) is 19.6. The fraction of sp³-hybridized carbons (Fsp3) is 0.538. The Morgan fingerprint density at radius 1 is 1.48 bits per heavy atom. The summed E-state index contributed by atoms with van der Waals surface area (Å²) in [4.78, 5) is 12.5. The van der Waals surface area contributed by atoms with Gasteiger partial charge in [-0.05, 0) is 38.1 Å². The van der Waals surface area contributed by atoms with Crippen LogP contribution in [-0.4, -0.2) is 51.2 Å². The molecule has 1 heterocycles. The second-order valence-electron chi connectivity index (χ2n) is 5.48. The van der Waals surface area contributed by atoms with E-state index >= 15 is 0 Å². The number of para-hydroxylation sites is 1. The van der Waals surface area contributed by atoms with E-state index in [1.807, 2.05) is 7.05 Å². The van der Waals surface area contributed by atoms with Gasteiger partial charge in [0.25, 0.3) is 0 Å². The molecule has 21 heavy (non-hydrogen) atoms. The van der Waals surface area contributed by atoms with Gasteiger partial charge in [-0.15, -0.1) is 0 Å². The van der Waals surface area contributed by atoms with Crippen molar-refractivity contribution in [3.05, 3.63) is 28.3 Å². The van der Waals surface area contributed by atoms with Gasteiger partial charge >= 0.3 is 5.69 Å². The third-order valence-electron chi connectivity index (χ3n) is 3.65. The van der Waals surface area contributed by atoms with Crippen LogP contribution in [-0.2, 0) is 9.84 Å². The van der Waals surface area contributed by atoms with E-state index in [0.29, 0.717) is 12.5 Å². The first-order valence-electron chi connectivity index (χ1n) is 6.69. The van der Waals surface area contributed by atoms with Gasteiger partial charge in [0.2, 0.25) is 0 Å². The molecule has 1 aliphatic heterocycles. The Kier molecular flexibility index (Phi) is 4.48. The number of hydrogen-bond donors (Lipinski definition) is 1. The summed E-state index contributed by atoms with van der Waals surface area (Å²) in [5.41, 5.74) is -0.108. The summed E-state index contributed by atoms with van der Waals surface area (Å²) in [6.45, 7) is 2.54. The molecule has 0 aliphatic carbocycles. The lowest BCUT2D eigenvalue weighted by molar-refractivity contribution is -0.386. The highest BCUT2D eigenvalue weighted by Gasteiger charge is 2.27. The van der Waals surface area contributed by atoms with Crippen LogP contribution >= 0.6 is 0 Å². The van der Waals surface area contributed by atoms with Crippen LogP contribution in [0.2, 0.25) is 0 Å². The van der Waals surface area contributed by atoms with Crippen LogP contribution in [0.5, 0.6) is 0 Å². The first-order valence-corrected chi connectivity index (χ1v) is 8.58. The maximum atomic E-state index is 11.7. The lowest BCUT2D eigenvalue weighted by atomic mass is 10.1. The molecule has 0 amide bonds. The van der Waals surface area contributed by atoms with Crippen molar-refractivity contribution in [1.29, 1.82) is 0 Å². The number of nitrogens with zero attached hydrogens (tertiary/aromatic N) is 2. The number of nitrogens with one attached hydrogen (secondary N) is 1. The fourth-order valence-electron chi connectivity index (χ4n) is 2.60. The van der Waals surface area contributed by atoms with Crippen molar-refractivity contribution in [3.63, 3.8) is 0 Å². The topological polar surface area (TPSA) is 92.6 Å². The number of benzene rings is 1. The maximum Gasteiger partial charge on any atom is 0.310 e. The molecule has 1 saturated heterocycles. The van der Waals surface area contributed by atoms with Crippen molar-refractivity contribution in [2.45, 2.75) is 11.3 Å². The van der Waals surface area contributed by atoms with Gasteiger partial charge in [0.05, 0.1) is 4.92 Å². The molecule has 0 radical (unpaired) electrons. The van der Waals surface area contributed by atoms with Crippen LogP contribution in [0.25, 0.3) is 0 Å². The molecule has 116 valence electrons. The molecule has 1 N–H and O–H groups in total. The number of rotatable bonds is 5. The third-order valence-corrected chi connectivity index (χ3v) is 4.78. The molecular formula is C13H19N3O4S. The molecule has 1 aliphatic rings. The lowest BCUT2D eigenvalue weighted by Crippen LogP contribution is -2.19. The summed E-state index contributed by atoms with van der Waals surface area (Å²) in [5.74, 6) is 0.413. The predicted octanol–water partition coefficient (Wildman–Crippen LogP) is 1.36. The largest absolute Gasteiger partial charge is 0.379 e. The molecule has 7 nitrogen and oxygen atoms in total. The summed E-state index contributed by atoms with van der Waals surface area (Å²) in [7, 11) is -1.60. The number of likely N-dealkylation sites (tertiary alicyclic amines) is 1. The van der Waals surface area contributed by atoms with Crippen molar-refractivity contribution in [2.75, 3.05) is 38.3 Å². The van der Waals surface area contributed by atoms with Crippen LogP contribution in [0.15, 0.2) is 23.1 Å². The Hall–Kier alpha value is -1.67. The number of anilines is 1. The second kappa shape index (κ2) is 5.98. The van der Waals surface area contributed by atoms with Gasteiger partial charge in [0.15, 0.2) is 9.84 Å². The Bertz CT molecular complexity index is 645. The van der Waals surface area contributed by atoms with Crippen molar-refractivity contribution in [3.8, 4) is 0 Å². The van der Waals surface area contributed by atoms with Gasteiger partial charge < -0.3 is 10.2 Å². The minimum atomic E-state index is -3.64. The Morgan fingerprint density at radius 3 is 2.71 bits per heavy atom. The van der Waals surface area contributed by atoms with Crippen molar-refractivity contribution < 1.29 is 13.3 Å². The van der Waals surface area contributed by atoms with Gasteiger partial charge in [0.1, 0.15) is 10.6 Å². The quantitative estimate of drug-likeness (QED) is 0.652. The molecule has 1 atom stereocenters. The minimum Gasteiger partial charge on any atom is -0.379 e. The first kappa shape index (κ1) is 15.7. The minimum absolute atomic E-state index is 0.249. The Balaban J connectivity index is 2.25. The molecule has 1 aromatic carbocycles. The highest BCUT2D eigenvalue weighted by molar-refractivity contribution is 7.90. The van der Waals surface area contributed by atoms with E-state index in [-0.39, 0.29) is 16.3 Å². The molecule has 1 aromatic rings. The SMILES string of the molecule is CN1CCC(CNc2cccc(S(C)(=O)=O)c2[N+](=O)[O-])C1. The van der Waals surface area contributed by atoms with E-state index in [1.165, 1.54) is 12.1 Å². The average Bonchev–Trinajstić information content (AvgIpc) is 2.80. The van der Waals surface area contributed by atoms with Crippen LogP contribution in [0.3, 0.4) is 0 Å². The number of hydrogen-bond acceptors (Lipinski definition) is 6. The molecule has 0 spiro atoms. The summed E-state index contributed by atoms with van der Waals surface area (Å²) in [6, 6.07) is 4.33. The molecule has 1 unspecified atom stereocenters. The van der Waals surface area contributed by atoms with Crippen LogP contribution in [0, 0.1) is 16.0 Å². The molecule has 2 rings (SSSR count). The smallest absolute Gasteiger partial charge is 0.310 e. The summed E-state index contributed by atoms with van der Waals surface area (Å²) in [5, 5.41) is 14.3. The second-order valence-corrected chi connectivity index (χ2v) is 7.46. The third kappa shape index (κ3) is 3.70. The number of sulfone groups is 1. The standard InChI is InChI=1S/C13H19N3O4S/c1-15-7-6-10(9-15)8-14-11-4-3-5-12(21(2,19)20)13(11)16(17)18/h3-5,10,14H,6-9H2,1-2H3. The zero-order chi connectivity index (χ0) is 15.6. The molecule has 8 heteroatoms. The first-order chi connectivity index (χ1) is 9.79. The van der Waals surface area contributed by atoms with Crippen LogP contribution in [0.1, 0.15) is 6.42 Å². The number of nitro groups is 1. The van der Waals surface area contributed by atoms with E-state index < -0.39 is 14.8 Å². The van der Waals surface area contributed by atoms with E-state index in [4.69, 9.17) is 0 Å². The van der Waals surface area contributed by atoms with Crippen molar-refractivity contribution >= 4 is 21.2 Å². The van der Waals surface area contributed by atoms with Gasteiger partial charge in [-0.3, -0.25) is 10.1 Å². The van der Waals surface area contributed by atoms with Crippen molar-refractivity contribution in [2.24, 2.45) is 5.92 Å². The Morgan fingerprint density at radius 2 is 2.19 bits per heavy atom. The van der Waals surface area contributed by atoms with E-state index in [2.05, 4.69) is 10.2 Å². The van der Waals surface area contributed by atoms with Gasteiger partial charge in [-0.1, -0.05) is 6.07 Å². The lowest BCUT2D eigenvalue weighted by Gasteiger charge is -2.13. The maximum absolute atomic E-state index is 11.7. The predicted molar refractivity (Wildman–Crippen MR) is 80.3 cm³/mol. The van der Waals surface area contributed by atoms with Gasteiger partial charge in [-0.25, -0.2) is 8.42 Å². The summed E-state index contributed by atoms with van der Waals surface area (Å²) >= 11 is 0. The van der Waals surface area contributed by atoms with Crippen molar-refractivity contribution in [1.82, 2.24) is 4.90 Å². The zero-order valence-corrected chi connectivity index (χ0v) is 12.9. The monoisotopic (exact) mass is 313 g/mol. The van der Waals surface area contributed by atoms with Gasteiger partial charge in [-0.2, -0.15) is 0 Å². The Labute approximate surface area is 124 Å². The molecule has 0 aromatic heterocycles. The van der Waals surface area contributed by atoms with E-state index in [1.54, 1.807) is 6.07 Å². The molecule has 0 bridgehead atoms. The highest BCUT2D eigenvalue weighted by Crippen LogP contribution is 2.32. The zero-order valence-electron chi connectivity index (χ0n) is 12.1. The molecule has 1 fully saturated rings. The number of nitro benzene ring substituents is 1. The van der Waals surface area contributed by atoms with Crippen LogP contribution < -0.4 is 5.32 Å². The van der Waals surface area contributed by atoms with Crippen LogP contribution in [0.4, 0.5) is 11.4 Å². The highest BCUT2D eigenvalue weighted by atomic mass is 32.2. The van der Waals surface area contributed by atoms with E-state index in [0.717, 1.165) is 25.8 Å². The van der Waals surface area contributed by atoms with E-state index in [9.17, 15) is 18.5 Å². The van der Waals surface area contributed by atoms with Gasteiger partial charge in [0, 0.05) is 19.3 Å². The molecule has 0 saturated carbocycles. The fourth-order valence-corrected chi connectivity index (χ4v) is 3.46. The molecular weight excluding hydrogens is 294 g/mol.